The molecule has 0 unspecified atom stereocenters. The van der Waals surface area contributed by atoms with Gasteiger partial charge in [0.15, 0.2) is 5.96 Å². The molecule has 0 aliphatic carbocycles. The quantitative estimate of drug-likeness (QED) is 0.326. The number of guanidine groups is 1. The van der Waals surface area contributed by atoms with Crippen LogP contribution < -0.4 is 16.4 Å². The second kappa shape index (κ2) is 11.6. The van der Waals surface area contributed by atoms with Crippen LogP contribution in [0.25, 0.3) is 0 Å². The number of unbranched alkanes of at least 4 members (excludes halogenated alkanes) is 1. The Morgan fingerprint density at radius 3 is 2.55 bits per heavy atom. The second-order valence-corrected chi connectivity index (χ2v) is 6.63. The summed E-state index contributed by atoms with van der Waals surface area (Å²) >= 11 is 1.82. The number of aliphatic imine (C=N–C) groups is 1. The number of hydrogen-bond acceptors (Lipinski definition) is 4. The fourth-order valence-corrected chi connectivity index (χ4v) is 2.91. The van der Waals surface area contributed by atoms with E-state index >= 15 is 0 Å². The van der Waals surface area contributed by atoms with Crippen molar-refractivity contribution in [1.82, 2.24) is 15.5 Å². The summed E-state index contributed by atoms with van der Waals surface area (Å²) in [5.74, 6) is 1.93. The highest BCUT2D eigenvalue weighted by Gasteiger charge is 2.22. The molecule has 22 heavy (non-hydrogen) atoms. The maximum atomic E-state index is 11.1. The predicted octanol–water partition coefficient (Wildman–Crippen LogP) is 0.492. The highest BCUT2D eigenvalue weighted by atomic mass is 32.2. The van der Waals surface area contributed by atoms with Crippen molar-refractivity contribution in [3.63, 3.8) is 0 Å². The first-order valence-corrected chi connectivity index (χ1v) is 9.52. The average Bonchev–Trinajstić information content (AvgIpc) is 2.53. The molecule has 1 amide bonds. The summed E-state index contributed by atoms with van der Waals surface area (Å²) in [7, 11) is 1.80. The predicted molar refractivity (Wildman–Crippen MR) is 95.3 cm³/mol. The van der Waals surface area contributed by atoms with Gasteiger partial charge in [-0.15, -0.1) is 0 Å². The van der Waals surface area contributed by atoms with Crippen LogP contribution in [0, 0.1) is 5.92 Å². The lowest BCUT2D eigenvalue weighted by molar-refractivity contribution is -0.123. The zero-order chi connectivity index (χ0) is 16.2. The third-order valence-corrected chi connectivity index (χ3v) is 4.62. The van der Waals surface area contributed by atoms with Crippen LogP contribution in [0.15, 0.2) is 4.99 Å². The first-order chi connectivity index (χ1) is 10.7. The van der Waals surface area contributed by atoms with Crippen molar-refractivity contribution in [3.8, 4) is 0 Å². The van der Waals surface area contributed by atoms with Crippen LogP contribution >= 0.6 is 11.8 Å². The second-order valence-electron chi connectivity index (χ2n) is 5.64. The van der Waals surface area contributed by atoms with Crippen molar-refractivity contribution in [2.24, 2.45) is 16.6 Å². The summed E-state index contributed by atoms with van der Waals surface area (Å²) in [5, 5.41) is 6.63. The third kappa shape index (κ3) is 7.89. The molecule has 1 fully saturated rings. The van der Waals surface area contributed by atoms with Gasteiger partial charge in [0.2, 0.25) is 5.91 Å². The van der Waals surface area contributed by atoms with Crippen LogP contribution in [0.1, 0.15) is 25.7 Å². The Morgan fingerprint density at radius 2 is 1.95 bits per heavy atom. The Hall–Kier alpha value is -0.950. The van der Waals surface area contributed by atoms with Crippen molar-refractivity contribution in [3.05, 3.63) is 0 Å². The summed E-state index contributed by atoms with van der Waals surface area (Å²) in [6, 6.07) is 0. The molecule has 0 atom stereocenters. The normalized spacial score (nSPS) is 17.5. The van der Waals surface area contributed by atoms with E-state index in [0.29, 0.717) is 0 Å². The standard InChI is InChI=1S/C15H31N5OS/c1-17-15(19-8-12-22-2)18-7-3-4-9-20-10-5-13(6-11-20)14(16)21/h13H,3-12H2,1-2H3,(H2,16,21)(H2,17,18,19). The SMILES string of the molecule is CN=C(NCCCCN1CCC(C(N)=O)CC1)NCCSC. The molecule has 1 aliphatic heterocycles. The Balaban J connectivity index is 2.02. The summed E-state index contributed by atoms with van der Waals surface area (Å²) in [6.07, 6.45) is 6.22. The van der Waals surface area contributed by atoms with E-state index in [2.05, 4.69) is 26.8 Å². The molecular weight excluding hydrogens is 298 g/mol. The molecule has 1 heterocycles. The van der Waals surface area contributed by atoms with Crippen molar-refractivity contribution in [1.29, 1.82) is 0 Å². The maximum Gasteiger partial charge on any atom is 0.220 e. The summed E-state index contributed by atoms with van der Waals surface area (Å²) in [6.45, 7) is 4.98. The molecule has 0 spiro atoms. The smallest absolute Gasteiger partial charge is 0.220 e. The van der Waals surface area contributed by atoms with E-state index < -0.39 is 0 Å². The number of nitrogens with zero attached hydrogens (tertiary/aromatic N) is 2. The molecule has 0 aromatic carbocycles. The highest BCUT2D eigenvalue weighted by Crippen LogP contribution is 2.16. The largest absolute Gasteiger partial charge is 0.369 e. The Labute approximate surface area is 138 Å². The number of primary amides is 1. The number of nitrogens with two attached hydrogens (primary N) is 1. The molecule has 0 aromatic heterocycles. The van der Waals surface area contributed by atoms with E-state index in [0.717, 1.165) is 70.1 Å². The molecule has 1 rings (SSSR count). The number of amides is 1. The van der Waals surface area contributed by atoms with Gasteiger partial charge in [0.1, 0.15) is 0 Å². The zero-order valence-corrected chi connectivity index (χ0v) is 14.8. The van der Waals surface area contributed by atoms with Crippen LogP contribution in [0.4, 0.5) is 0 Å². The lowest BCUT2D eigenvalue weighted by Gasteiger charge is -2.30. The molecular formula is C15H31N5OS. The van der Waals surface area contributed by atoms with E-state index in [-0.39, 0.29) is 11.8 Å². The summed E-state index contributed by atoms with van der Waals surface area (Å²) in [5.41, 5.74) is 5.35. The van der Waals surface area contributed by atoms with Crippen molar-refractivity contribution >= 4 is 23.6 Å². The minimum Gasteiger partial charge on any atom is -0.369 e. The van der Waals surface area contributed by atoms with E-state index in [1.807, 2.05) is 11.8 Å². The molecule has 4 N–H and O–H groups in total. The van der Waals surface area contributed by atoms with E-state index in [1.165, 1.54) is 0 Å². The Bertz CT molecular complexity index is 343. The van der Waals surface area contributed by atoms with Crippen LogP contribution in [-0.2, 0) is 4.79 Å². The van der Waals surface area contributed by atoms with Crippen LogP contribution in [0.3, 0.4) is 0 Å². The first kappa shape index (κ1) is 19.1. The molecule has 0 aromatic rings. The monoisotopic (exact) mass is 329 g/mol. The van der Waals surface area contributed by atoms with Gasteiger partial charge in [-0.25, -0.2) is 0 Å². The minimum atomic E-state index is -0.135. The molecule has 1 saturated heterocycles. The number of piperidine rings is 1. The lowest BCUT2D eigenvalue weighted by Crippen LogP contribution is -2.40. The number of rotatable bonds is 9. The van der Waals surface area contributed by atoms with E-state index in [9.17, 15) is 4.79 Å². The van der Waals surface area contributed by atoms with Gasteiger partial charge >= 0.3 is 0 Å². The Kier molecular flexibility index (Phi) is 10.1. The van der Waals surface area contributed by atoms with Crippen LogP contribution in [0.2, 0.25) is 0 Å². The summed E-state index contributed by atoms with van der Waals surface area (Å²) in [4.78, 5) is 17.8. The number of carbonyl (C=O) groups is 1. The molecule has 0 bridgehead atoms. The molecule has 6 nitrogen and oxygen atoms in total. The fraction of sp³-hybridized carbons (Fsp3) is 0.867. The number of thioether (sulfide) groups is 1. The van der Waals surface area contributed by atoms with Gasteiger partial charge in [0.05, 0.1) is 0 Å². The maximum absolute atomic E-state index is 11.1. The summed E-state index contributed by atoms with van der Waals surface area (Å²) < 4.78 is 0. The van der Waals surface area contributed by atoms with Gasteiger partial charge in [0.25, 0.3) is 0 Å². The van der Waals surface area contributed by atoms with Crippen molar-refractivity contribution in [2.75, 3.05) is 51.8 Å². The molecule has 0 radical (unpaired) electrons. The van der Waals surface area contributed by atoms with Crippen LogP contribution in [-0.4, -0.2) is 68.5 Å². The molecule has 7 heteroatoms. The lowest BCUT2D eigenvalue weighted by atomic mass is 9.96. The Morgan fingerprint density at radius 1 is 1.27 bits per heavy atom. The number of likely N-dealkylation sites (tertiary alicyclic amines) is 1. The third-order valence-electron chi connectivity index (χ3n) is 4.01. The number of hydrogen-bond donors (Lipinski definition) is 3. The van der Waals surface area contributed by atoms with Gasteiger partial charge in [-0.2, -0.15) is 11.8 Å². The van der Waals surface area contributed by atoms with E-state index in [4.69, 9.17) is 5.73 Å². The zero-order valence-electron chi connectivity index (χ0n) is 13.9. The topological polar surface area (TPSA) is 82.8 Å². The van der Waals surface area contributed by atoms with Gasteiger partial charge < -0.3 is 21.3 Å². The fourth-order valence-electron chi connectivity index (χ4n) is 2.60. The molecule has 1 aliphatic rings. The highest BCUT2D eigenvalue weighted by molar-refractivity contribution is 7.98. The van der Waals surface area contributed by atoms with Gasteiger partial charge in [-0.05, 0) is 51.6 Å². The molecule has 0 saturated carbocycles. The van der Waals surface area contributed by atoms with Gasteiger partial charge in [-0.3, -0.25) is 9.79 Å². The van der Waals surface area contributed by atoms with Crippen molar-refractivity contribution < 1.29 is 4.79 Å². The van der Waals surface area contributed by atoms with Gasteiger partial charge in [-0.1, -0.05) is 0 Å². The van der Waals surface area contributed by atoms with E-state index in [1.54, 1.807) is 7.05 Å². The number of nitrogens with one attached hydrogen (secondary N) is 2. The van der Waals surface area contributed by atoms with Gasteiger partial charge in [0, 0.05) is 31.8 Å². The van der Waals surface area contributed by atoms with Crippen molar-refractivity contribution in [2.45, 2.75) is 25.7 Å². The molecule has 128 valence electrons. The van der Waals surface area contributed by atoms with Crippen LogP contribution in [0.5, 0.6) is 0 Å². The number of carbonyl (C=O) groups excluding carboxylic acids is 1. The first-order valence-electron chi connectivity index (χ1n) is 8.12. The minimum absolute atomic E-state index is 0.0913. The average molecular weight is 330 g/mol.